The third-order valence-corrected chi connectivity index (χ3v) is 5.83. The van der Waals surface area contributed by atoms with Crippen molar-refractivity contribution in [2.24, 2.45) is 13.0 Å². The van der Waals surface area contributed by atoms with E-state index in [1.54, 1.807) is 11.7 Å². The van der Waals surface area contributed by atoms with E-state index in [9.17, 15) is 9.90 Å². The number of hydrogen-bond acceptors (Lipinski definition) is 5. The maximum atomic E-state index is 12.6. The highest BCUT2D eigenvalue weighted by molar-refractivity contribution is 5.92. The molecule has 2 atom stereocenters. The Morgan fingerprint density at radius 1 is 1.38 bits per heavy atom. The standard InChI is InChI=1S/C18H26N6O2/c1-12-9-15(23(2)21-12)17(25)19-14-6-3-5-13(14)10-24-11-16(20-22-24)18(26)7-4-8-18/h9,11,13-14,26H,3-8,10H2,1-2H3,(H,19,25)/t13-,14-/m1/s1. The molecule has 0 radical (unpaired) electrons. The number of aliphatic hydroxyl groups is 1. The van der Waals surface area contributed by atoms with Gasteiger partial charge in [0.1, 0.15) is 17.0 Å². The van der Waals surface area contributed by atoms with Crippen molar-refractivity contribution in [1.82, 2.24) is 30.1 Å². The zero-order valence-corrected chi connectivity index (χ0v) is 15.4. The van der Waals surface area contributed by atoms with Crippen molar-refractivity contribution >= 4 is 5.91 Å². The van der Waals surface area contributed by atoms with Crippen LogP contribution < -0.4 is 5.32 Å². The van der Waals surface area contributed by atoms with E-state index in [4.69, 9.17) is 0 Å². The molecule has 140 valence electrons. The lowest BCUT2D eigenvalue weighted by Crippen LogP contribution is -2.39. The second-order valence-electron chi connectivity index (χ2n) is 7.78. The molecule has 0 bridgehead atoms. The van der Waals surface area contributed by atoms with E-state index >= 15 is 0 Å². The van der Waals surface area contributed by atoms with Crippen LogP contribution >= 0.6 is 0 Å². The summed E-state index contributed by atoms with van der Waals surface area (Å²) in [5, 5.41) is 26.2. The van der Waals surface area contributed by atoms with Crippen LogP contribution in [0.3, 0.4) is 0 Å². The number of nitrogens with one attached hydrogen (secondary N) is 1. The Morgan fingerprint density at radius 3 is 2.85 bits per heavy atom. The summed E-state index contributed by atoms with van der Waals surface area (Å²) in [5.41, 5.74) is 1.32. The first-order valence-electron chi connectivity index (χ1n) is 9.39. The molecule has 2 fully saturated rings. The summed E-state index contributed by atoms with van der Waals surface area (Å²) in [7, 11) is 1.79. The van der Waals surface area contributed by atoms with E-state index in [1.165, 1.54) is 0 Å². The van der Waals surface area contributed by atoms with Crippen LogP contribution in [-0.2, 0) is 19.2 Å². The van der Waals surface area contributed by atoms with Crippen LogP contribution in [0, 0.1) is 12.8 Å². The summed E-state index contributed by atoms with van der Waals surface area (Å²) in [6.45, 7) is 2.59. The second-order valence-corrected chi connectivity index (χ2v) is 7.78. The van der Waals surface area contributed by atoms with Crippen molar-refractivity contribution in [1.29, 1.82) is 0 Å². The first kappa shape index (κ1) is 17.2. The lowest BCUT2D eigenvalue weighted by atomic mass is 9.78. The first-order chi connectivity index (χ1) is 12.4. The quantitative estimate of drug-likeness (QED) is 0.839. The molecule has 0 saturated heterocycles. The summed E-state index contributed by atoms with van der Waals surface area (Å²) >= 11 is 0. The maximum Gasteiger partial charge on any atom is 0.269 e. The SMILES string of the molecule is Cc1cc(C(=O)N[C@@H]2CCC[C@@H]2Cn2cc(C3(O)CCC3)nn2)n(C)n1. The van der Waals surface area contributed by atoms with Gasteiger partial charge in [-0.1, -0.05) is 11.6 Å². The van der Waals surface area contributed by atoms with E-state index in [2.05, 4.69) is 20.7 Å². The van der Waals surface area contributed by atoms with E-state index in [1.807, 2.05) is 23.9 Å². The molecule has 2 aliphatic carbocycles. The lowest BCUT2D eigenvalue weighted by molar-refractivity contribution is -0.0427. The predicted octanol–water partition coefficient (Wildman–Crippen LogP) is 1.29. The molecule has 2 aromatic heterocycles. The van der Waals surface area contributed by atoms with Gasteiger partial charge in [-0.15, -0.1) is 5.10 Å². The van der Waals surface area contributed by atoms with E-state index in [0.29, 0.717) is 23.9 Å². The lowest BCUT2D eigenvalue weighted by Gasteiger charge is -2.34. The van der Waals surface area contributed by atoms with Crippen LogP contribution in [-0.4, -0.2) is 41.8 Å². The predicted molar refractivity (Wildman–Crippen MR) is 94.3 cm³/mol. The Hall–Kier alpha value is -2.22. The molecule has 4 rings (SSSR count). The summed E-state index contributed by atoms with van der Waals surface area (Å²) in [6, 6.07) is 1.93. The van der Waals surface area contributed by atoms with Crippen molar-refractivity contribution in [3.05, 3.63) is 29.3 Å². The molecule has 2 saturated carbocycles. The molecule has 2 aliphatic rings. The van der Waals surface area contributed by atoms with Crippen LogP contribution in [0.15, 0.2) is 12.3 Å². The van der Waals surface area contributed by atoms with Crippen molar-refractivity contribution in [3.8, 4) is 0 Å². The van der Waals surface area contributed by atoms with E-state index < -0.39 is 5.60 Å². The third kappa shape index (κ3) is 3.13. The monoisotopic (exact) mass is 358 g/mol. The highest BCUT2D eigenvalue weighted by atomic mass is 16.3. The van der Waals surface area contributed by atoms with Gasteiger partial charge >= 0.3 is 0 Å². The molecule has 26 heavy (non-hydrogen) atoms. The molecular weight excluding hydrogens is 332 g/mol. The normalized spacial score (nSPS) is 24.4. The Balaban J connectivity index is 1.40. The van der Waals surface area contributed by atoms with E-state index in [-0.39, 0.29) is 11.9 Å². The second kappa shape index (κ2) is 6.50. The van der Waals surface area contributed by atoms with Crippen LogP contribution in [0.25, 0.3) is 0 Å². The Labute approximate surface area is 152 Å². The third-order valence-electron chi connectivity index (χ3n) is 5.83. The summed E-state index contributed by atoms with van der Waals surface area (Å²) < 4.78 is 3.44. The molecule has 8 nitrogen and oxygen atoms in total. The smallest absolute Gasteiger partial charge is 0.269 e. The van der Waals surface area contributed by atoms with Crippen molar-refractivity contribution in [2.45, 2.75) is 63.6 Å². The van der Waals surface area contributed by atoms with Crippen molar-refractivity contribution in [3.63, 3.8) is 0 Å². The molecule has 8 heteroatoms. The van der Waals surface area contributed by atoms with Crippen LogP contribution in [0.2, 0.25) is 0 Å². The molecule has 2 N–H and O–H groups in total. The van der Waals surface area contributed by atoms with Gasteiger partial charge in [0.15, 0.2) is 0 Å². The first-order valence-corrected chi connectivity index (χ1v) is 9.39. The van der Waals surface area contributed by atoms with Crippen LogP contribution in [0.4, 0.5) is 0 Å². The van der Waals surface area contributed by atoms with Gasteiger partial charge in [0, 0.05) is 19.6 Å². The number of carbonyl (C=O) groups excluding carboxylic acids is 1. The van der Waals surface area contributed by atoms with Crippen LogP contribution in [0.5, 0.6) is 0 Å². The molecule has 0 aliphatic heterocycles. The average molecular weight is 358 g/mol. The molecule has 2 aromatic rings. The molecule has 0 unspecified atom stereocenters. The van der Waals surface area contributed by atoms with Gasteiger partial charge in [-0.2, -0.15) is 5.10 Å². The minimum atomic E-state index is -0.779. The number of carbonyl (C=O) groups is 1. The fourth-order valence-corrected chi connectivity index (χ4v) is 4.12. The van der Waals surface area contributed by atoms with Gasteiger partial charge in [-0.25, -0.2) is 0 Å². The summed E-state index contributed by atoms with van der Waals surface area (Å²) in [4.78, 5) is 12.6. The van der Waals surface area contributed by atoms with Gasteiger partial charge in [0.25, 0.3) is 5.91 Å². The number of aryl methyl sites for hydroxylation is 2. The number of rotatable bonds is 5. The Bertz CT molecular complexity index is 806. The number of amides is 1. The van der Waals surface area contributed by atoms with Gasteiger partial charge < -0.3 is 10.4 Å². The number of hydrogen-bond donors (Lipinski definition) is 2. The van der Waals surface area contributed by atoms with Gasteiger partial charge in [-0.3, -0.25) is 14.2 Å². The molecule has 1 amide bonds. The Kier molecular flexibility index (Phi) is 4.30. The minimum Gasteiger partial charge on any atom is -0.383 e. The van der Waals surface area contributed by atoms with Gasteiger partial charge in [-0.05, 0) is 51.0 Å². The highest BCUT2D eigenvalue weighted by Crippen LogP contribution is 2.39. The molecule has 2 heterocycles. The van der Waals surface area contributed by atoms with Crippen LogP contribution in [0.1, 0.15) is 60.4 Å². The van der Waals surface area contributed by atoms with Crippen molar-refractivity contribution < 1.29 is 9.90 Å². The maximum absolute atomic E-state index is 12.6. The molecule has 0 spiro atoms. The minimum absolute atomic E-state index is 0.0759. The molecule has 0 aromatic carbocycles. The largest absolute Gasteiger partial charge is 0.383 e. The summed E-state index contributed by atoms with van der Waals surface area (Å²) in [5.74, 6) is 0.243. The zero-order valence-electron chi connectivity index (χ0n) is 15.4. The fourth-order valence-electron chi connectivity index (χ4n) is 4.12. The fraction of sp³-hybridized carbons (Fsp3) is 0.667. The number of aromatic nitrogens is 5. The zero-order chi connectivity index (χ0) is 18.3. The summed E-state index contributed by atoms with van der Waals surface area (Å²) in [6.07, 6.45) is 7.53. The Morgan fingerprint density at radius 2 is 2.19 bits per heavy atom. The average Bonchev–Trinajstić information content (AvgIpc) is 3.27. The molecular formula is C18H26N6O2. The number of nitrogens with zero attached hydrogens (tertiary/aromatic N) is 5. The van der Waals surface area contributed by atoms with Gasteiger partial charge in [0.05, 0.1) is 11.9 Å². The van der Waals surface area contributed by atoms with Gasteiger partial charge in [0.2, 0.25) is 0 Å². The highest BCUT2D eigenvalue weighted by Gasteiger charge is 2.39. The van der Waals surface area contributed by atoms with E-state index in [0.717, 1.165) is 44.2 Å². The topological polar surface area (TPSA) is 97.9 Å². The van der Waals surface area contributed by atoms with Crippen molar-refractivity contribution in [2.75, 3.05) is 0 Å².